The lowest BCUT2D eigenvalue weighted by molar-refractivity contribution is -0.124. The topological polar surface area (TPSA) is 84.3 Å². The van der Waals surface area contributed by atoms with Crippen LogP contribution in [0.2, 0.25) is 0 Å². The minimum absolute atomic E-state index is 0.0131. The Bertz CT molecular complexity index is 864. The van der Waals surface area contributed by atoms with E-state index in [9.17, 15) is 17.6 Å². The molecule has 2 heterocycles. The highest BCUT2D eigenvalue weighted by atomic mass is 32.2. The van der Waals surface area contributed by atoms with E-state index >= 15 is 0 Å². The number of aryl methyl sites for hydroxylation is 1. The molecule has 0 unspecified atom stereocenters. The van der Waals surface area contributed by atoms with Crippen molar-refractivity contribution >= 4 is 15.9 Å². The molecule has 9 heteroatoms. The van der Waals surface area contributed by atoms with Gasteiger partial charge in [0, 0.05) is 31.9 Å². The van der Waals surface area contributed by atoms with Gasteiger partial charge in [0.25, 0.3) is 0 Å². The summed E-state index contributed by atoms with van der Waals surface area (Å²) in [5.74, 6) is -0.849. The third kappa shape index (κ3) is 3.72. The molecule has 0 aliphatic carbocycles. The zero-order chi connectivity index (χ0) is 18.0. The van der Waals surface area contributed by atoms with Gasteiger partial charge in [-0.15, -0.1) is 0 Å². The fourth-order valence-electron chi connectivity index (χ4n) is 2.90. The number of rotatable bonds is 5. The third-order valence-corrected chi connectivity index (χ3v) is 6.07. The van der Waals surface area contributed by atoms with Crippen LogP contribution >= 0.6 is 0 Å². The SMILES string of the molecule is Cn1cc(CNC(=O)[C@H]2CCCN2S(=O)(=O)c2ccc(F)cc2)cn1. The first-order valence-corrected chi connectivity index (χ1v) is 9.34. The van der Waals surface area contributed by atoms with Crippen molar-refractivity contribution in [1.82, 2.24) is 19.4 Å². The van der Waals surface area contributed by atoms with Crippen LogP contribution in [0, 0.1) is 5.82 Å². The Balaban J connectivity index is 1.72. The quantitative estimate of drug-likeness (QED) is 0.857. The molecule has 1 fully saturated rings. The van der Waals surface area contributed by atoms with Crippen molar-refractivity contribution < 1.29 is 17.6 Å². The van der Waals surface area contributed by atoms with Crippen molar-refractivity contribution in [3.8, 4) is 0 Å². The lowest BCUT2D eigenvalue weighted by atomic mass is 10.2. The van der Waals surface area contributed by atoms with E-state index in [1.54, 1.807) is 24.1 Å². The van der Waals surface area contributed by atoms with Crippen molar-refractivity contribution in [3.05, 3.63) is 48.0 Å². The lowest BCUT2D eigenvalue weighted by Gasteiger charge is -2.23. The number of amides is 1. The number of carbonyl (C=O) groups is 1. The maximum Gasteiger partial charge on any atom is 0.243 e. The smallest absolute Gasteiger partial charge is 0.243 e. The fourth-order valence-corrected chi connectivity index (χ4v) is 4.56. The summed E-state index contributed by atoms with van der Waals surface area (Å²) < 4.78 is 41.4. The molecule has 1 amide bonds. The van der Waals surface area contributed by atoms with Crippen LogP contribution in [0.15, 0.2) is 41.6 Å². The molecule has 7 nitrogen and oxygen atoms in total. The highest BCUT2D eigenvalue weighted by Gasteiger charge is 2.39. The zero-order valence-corrected chi connectivity index (χ0v) is 14.5. The molecule has 1 aliphatic heterocycles. The van der Waals surface area contributed by atoms with Gasteiger partial charge in [0.15, 0.2) is 0 Å². The van der Waals surface area contributed by atoms with Gasteiger partial charge in [-0.25, -0.2) is 12.8 Å². The number of hydrogen-bond acceptors (Lipinski definition) is 4. The third-order valence-electron chi connectivity index (χ3n) is 4.15. The van der Waals surface area contributed by atoms with E-state index in [-0.39, 0.29) is 23.9 Å². The predicted octanol–water partition coefficient (Wildman–Crippen LogP) is 1.03. The van der Waals surface area contributed by atoms with Crippen LogP contribution in [0.3, 0.4) is 0 Å². The van der Waals surface area contributed by atoms with Crippen LogP contribution in [-0.4, -0.2) is 41.0 Å². The normalized spacial score (nSPS) is 18.4. The van der Waals surface area contributed by atoms with E-state index in [2.05, 4.69) is 10.4 Å². The number of nitrogens with one attached hydrogen (secondary N) is 1. The van der Waals surface area contributed by atoms with Crippen LogP contribution in [-0.2, 0) is 28.4 Å². The Morgan fingerprint density at radius 3 is 2.72 bits per heavy atom. The molecule has 134 valence electrons. The first-order chi connectivity index (χ1) is 11.9. The lowest BCUT2D eigenvalue weighted by Crippen LogP contribution is -2.45. The molecule has 3 rings (SSSR count). The summed E-state index contributed by atoms with van der Waals surface area (Å²) in [4.78, 5) is 12.5. The number of hydrogen-bond donors (Lipinski definition) is 1. The Hall–Kier alpha value is -2.26. The summed E-state index contributed by atoms with van der Waals surface area (Å²) in [5, 5.41) is 6.78. The Kier molecular flexibility index (Phi) is 4.87. The Morgan fingerprint density at radius 2 is 2.08 bits per heavy atom. The maximum atomic E-state index is 13.0. The average molecular weight is 366 g/mol. The summed E-state index contributed by atoms with van der Waals surface area (Å²) in [5.41, 5.74) is 0.835. The van der Waals surface area contributed by atoms with Crippen molar-refractivity contribution in [1.29, 1.82) is 0 Å². The zero-order valence-electron chi connectivity index (χ0n) is 13.7. The molecule has 0 bridgehead atoms. The van der Waals surface area contributed by atoms with E-state index in [1.807, 2.05) is 0 Å². The predicted molar refractivity (Wildman–Crippen MR) is 88.4 cm³/mol. The van der Waals surface area contributed by atoms with E-state index in [4.69, 9.17) is 0 Å². The van der Waals surface area contributed by atoms with Crippen molar-refractivity contribution in [2.45, 2.75) is 30.3 Å². The van der Waals surface area contributed by atoms with Crippen LogP contribution in [0.5, 0.6) is 0 Å². The van der Waals surface area contributed by atoms with Crippen LogP contribution in [0.25, 0.3) is 0 Å². The maximum absolute atomic E-state index is 13.0. The molecule has 2 aromatic rings. The summed E-state index contributed by atoms with van der Waals surface area (Å²) in [6.07, 6.45) is 4.48. The Labute approximate surface area is 145 Å². The molecular weight excluding hydrogens is 347 g/mol. The number of carbonyl (C=O) groups excluding carboxylic acids is 1. The molecule has 1 saturated heterocycles. The van der Waals surface area contributed by atoms with Gasteiger partial charge >= 0.3 is 0 Å². The van der Waals surface area contributed by atoms with E-state index in [0.29, 0.717) is 12.8 Å². The molecule has 1 aliphatic rings. The van der Waals surface area contributed by atoms with Gasteiger partial charge in [-0.2, -0.15) is 9.40 Å². The van der Waals surface area contributed by atoms with Gasteiger partial charge < -0.3 is 5.32 Å². The van der Waals surface area contributed by atoms with E-state index in [1.165, 1.54) is 16.4 Å². The summed E-state index contributed by atoms with van der Waals surface area (Å²) >= 11 is 0. The van der Waals surface area contributed by atoms with Crippen molar-refractivity contribution in [3.63, 3.8) is 0 Å². The second kappa shape index (κ2) is 6.93. The molecule has 0 radical (unpaired) electrons. The van der Waals surface area contributed by atoms with Gasteiger partial charge in [-0.1, -0.05) is 0 Å². The van der Waals surface area contributed by atoms with Crippen LogP contribution < -0.4 is 5.32 Å². The molecule has 0 saturated carbocycles. The van der Waals surface area contributed by atoms with E-state index < -0.39 is 21.9 Å². The second-order valence-electron chi connectivity index (χ2n) is 5.97. The van der Waals surface area contributed by atoms with Crippen LogP contribution in [0.4, 0.5) is 4.39 Å². The Morgan fingerprint density at radius 1 is 1.36 bits per heavy atom. The average Bonchev–Trinajstić information content (AvgIpc) is 3.22. The molecule has 1 aromatic heterocycles. The first kappa shape index (κ1) is 17.6. The first-order valence-electron chi connectivity index (χ1n) is 7.90. The minimum Gasteiger partial charge on any atom is -0.351 e. The fraction of sp³-hybridized carbons (Fsp3) is 0.375. The second-order valence-corrected chi connectivity index (χ2v) is 7.86. The summed E-state index contributed by atoms with van der Waals surface area (Å²) in [7, 11) is -2.06. The van der Waals surface area contributed by atoms with Gasteiger partial charge in [0.2, 0.25) is 15.9 Å². The van der Waals surface area contributed by atoms with Crippen LogP contribution in [0.1, 0.15) is 18.4 Å². The van der Waals surface area contributed by atoms with Gasteiger partial charge in [-0.05, 0) is 37.1 Å². The van der Waals surface area contributed by atoms with Crippen molar-refractivity contribution in [2.24, 2.45) is 7.05 Å². The molecule has 1 N–H and O–H groups in total. The van der Waals surface area contributed by atoms with E-state index in [0.717, 1.165) is 17.7 Å². The van der Waals surface area contributed by atoms with Gasteiger partial charge in [0.05, 0.1) is 11.1 Å². The number of halogens is 1. The number of aromatic nitrogens is 2. The molecule has 0 spiro atoms. The van der Waals surface area contributed by atoms with Gasteiger partial charge in [0.1, 0.15) is 11.9 Å². The highest BCUT2D eigenvalue weighted by Crippen LogP contribution is 2.26. The minimum atomic E-state index is -3.84. The molecule has 1 atom stereocenters. The molecular formula is C16H19FN4O3S. The highest BCUT2D eigenvalue weighted by molar-refractivity contribution is 7.89. The molecule has 1 aromatic carbocycles. The number of benzene rings is 1. The molecule has 25 heavy (non-hydrogen) atoms. The van der Waals surface area contributed by atoms with Gasteiger partial charge in [-0.3, -0.25) is 9.48 Å². The summed E-state index contributed by atoms with van der Waals surface area (Å²) in [6, 6.07) is 3.87. The standard InChI is InChI=1S/C16H19FN4O3S/c1-20-11-12(10-19-20)9-18-16(22)15-3-2-8-21(15)25(23,24)14-6-4-13(17)5-7-14/h4-7,10-11,15H,2-3,8-9H2,1H3,(H,18,22)/t15-/m1/s1. The monoisotopic (exact) mass is 366 g/mol. The van der Waals surface area contributed by atoms with Crippen molar-refractivity contribution in [2.75, 3.05) is 6.54 Å². The number of sulfonamides is 1. The summed E-state index contributed by atoms with van der Waals surface area (Å²) in [6.45, 7) is 0.554. The number of nitrogens with zero attached hydrogens (tertiary/aromatic N) is 3. The largest absolute Gasteiger partial charge is 0.351 e.